The molecule has 0 saturated heterocycles. The molecule has 4 heteroatoms. The van der Waals surface area contributed by atoms with Crippen LogP contribution < -0.4 is 10.6 Å². The molecule has 3 aromatic rings. The minimum Gasteiger partial charge on any atom is -0.459 e. The first-order chi connectivity index (χ1) is 11.7. The van der Waals surface area contributed by atoms with Gasteiger partial charge in [0.1, 0.15) is 11.3 Å². The second-order valence-corrected chi connectivity index (χ2v) is 5.90. The summed E-state index contributed by atoms with van der Waals surface area (Å²) in [6.45, 7) is 2.56. The normalized spacial score (nSPS) is 12.0. The number of amides is 2. The van der Waals surface area contributed by atoms with Crippen LogP contribution in [-0.4, -0.2) is 12.6 Å². The summed E-state index contributed by atoms with van der Waals surface area (Å²) in [4.78, 5) is 12.0. The topological polar surface area (TPSA) is 54.3 Å². The molecule has 0 fully saturated rings. The van der Waals surface area contributed by atoms with Crippen LogP contribution in [0.1, 0.15) is 30.7 Å². The molecule has 0 radical (unpaired) electrons. The van der Waals surface area contributed by atoms with Crippen LogP contribution in [0.25, 0.3) is 11.0 Å². The summed E-state index contributed by atoms with van der Waals surface area (Å²) < 4.78 is 5.77. The molecule has 0 spiro atoms. The predicted molar refractivity (Wildman–Crippen MR) is 95.9 cm³/mol. The second-order valence-electron chi connectivity index (χ2n) is 5.90. The molecule has 3 rings (SSSR count). The third-order valence-electron chi connectivity index (χ3n) is 3.99. The highest BCUT2D eigenvalue weighted by Gasteiger charge is 2.13. The van der Waals surface area contributed by atoms with Gasteiger partial charge in [-0.3, -0.25) is 0 Å². The Hall–Kier alpha value is -2.75. The maximum Gasteiger partial charge on any atom is 0.315 e. The van der Waals surface area contributed by atoms with Crippen LogP contribution in [-0.2, 0) is 6.42 Å². The Morgan fingerprint density at radius 2 is 1.83 bits per heavy atom. The Morgan fingerprint density at radius 3 is 2.62 bits per heavy atom. The van der Waals surface area contributed by atoms with Crippen LogP contribution in [0.3, 0.4) is 0 Å². The van der Waals surface area contributed by atoms with E-state index in [9.17, 15) is 4.79 Å². The predicted octanol–water partition coefficient (Wildman–Crippen LogP) is 4.43. The van der Waals surface area contributed by atoms with Gasteiger partial charge in [0.15, 0.2) is 0 Å². The minimum absolute atomic E-state index is 0.170. The molecule has 4 nitrogen and oxygen atoms in total. The number of para-hydroxylation sites is 1. The van der Waals surface area contributed by atoms with E-state index in [4.69, 9.17) is 4.42 Å². The lowest BCUT2D eigenvalue weighted by Gasteiger charge is -2.12. The molecule has 0 bridgehead atoms. The van der Waals surface area contributed by atoms with Crippen molar-refractivity contribution in [2.24, 2.45) is 0 Å². The maximum absolute atomic E-state index is 12.0. The number of aryl methyl sites for hydroxylation is 1. The molecule has 1 atom stereocenters. The zero-order valence-corrected chi connectivity index (χ0v) is 13.8. The molecule has 24 heavy (non-hydrogen) atoms. The number of hydrogen-bond acceptors (Lipinski definition) is 2. The molecule has 124 valence electrons. The van der Waals surface area contributed by atoms with Gasteiger partial charge in [-0.2, -0.15) is 0 Å². The van der Waals surface area contributed by atoms with Crippen molar-refractivity contribution in [3.8, 4) is 0 Å². The summed E-state index contributed by atoms with van der Waals surface area (Å²) >= 11 is 0. The average Bonchev–Trinajstić information content (AvgIpc) is 3.04. The Labute approximate surface area is 141 Å². The van der Waals surface area contributed by atoms with Gasteiger partial charge in [-0.25, -0.2) is 4.79 Å². The van der Waals surface area contributed by atoms with E-state index in [1.165, 1.54) is 5.56 Å². The fourth-order valence-electron chi connectivity index (χ4n) is 2.67. The summed E-state index contributed by atoms with van der Waals surface area (Å²) in [6, 6.07) is 19.7. The first-order valence-corrected chi connectivity index (χ1v) is 8.29. The highest BCUT2D eigenvalue weighted by atomic mass is 16.3. The van der Waals surface area contributed by atoms with E-state index >= 15 is 0 Å². The van der Waals surface area contributed by atoms with Gasteiger partial charge in [0.2, 0.25) is 0 Å². The zero-order valence-electron chi connectivity index (χ0n) is 13.8. The number of hydrogen-bond donors (Lipinski definition) is 2. The van der Waals surface area contributed by atoms with Crippen molar-refractivity contribution < 1.29 is 9.21 Å². The largest absolute Gasteiger partial charge is 0.459 e. The summed E-state index contributed by atoms with van der Waals surface area (Å²) in [5.74, 6) is 0.760. The molecule has 0 aliphatic heterocycles. The molecule has 1 heterocycles. The molecular weight excluding hydrogens is 300 g/mol. The average molecular weight is 322 g/mol. The Bertz CT molecular complexity index is 763. The van der Waals surface area contributed by atoms with E-state index in [2.05, 4.69) is 22.8 Å². The lowest BCUT2D eigenvalue weighted by Crippen LogP contribution is -2.37. The van der Waals surface area contributed by atoms with Crippen LogP contribution >= 0.6 is 0 Å². The molecule has 1 unspecified atom stereocenters. The Balaban J connectivity index is 1.44. The van der Waals surface area contributed by atoms with Gasteiger partial charge in [-0.05, 0) is 37.5 Å². The molecular formula is C20H22N2O2. The third kappa shape index (κ3) is 4.16. The van der Waals surface area contributed by atoms with Gasteiger partial charge in [0.05, 0.1) is 6.04 Å². The quantitative estimate of drug-likeness (QED) is 0.660. The van der Waals surface area contributed by atoms with Crippen molar-refractivity contribution >= 4 is 17.0 Å². The van der Waals surface area contributed by atoms with Crippen molar-refractivity contribution in [2.45, 2.75) is 25.8 Å². The third-order valence-corrected chi connectivity index (χ3v) is 3.99. The SMILES string of the molecule is CC(NC(=O)NCCCc1ccccc1)c1cc2ccccc2o1. The number of rotatable bonds is 6. The minimum atomic E-state index is -0.175. The van der Waals surface area contributed by atoms with Crippen molar-refractivity contribution in [3.63, 3.8) is 0 Å². The van der Waals surface area contributed by atoms with Crippen LogP contribution in [0, 0.1) is 0 Å². The fourth-order valence-corrected chi connectivity index (χ4v) is 2.67. The van der Waals surface area contributed by atoms with Crippen LogP contribution in [0.15, 0.2) is 65.1 Å². The molecule has 1 aromatic heterocycles. The van der Waals surface area contributed by atoms with Crippen molar-refractivity contribution in [1.29, 1.82) is 0 Å². The fraction of sp³-hybridized carbons (Fsp3) is 0.250. The van der Waals surface area contributed by atoms with E-state index < -0.39 is 0 Å². The summed E-state index contributed by atoms with van der Waals surface area (Å²) in [6.07, 6.45) is 1.87. The highest BCUT2D eigenvalue weighted by Crippen LogP contribution is 2.23. The van der Waals surface area contributed by atoms with Crippen molar-refractivity contribution in [1.82, 2.24) is 10.6 Å². The maximum atomic E-state index is 12.0. The lowest BCUT2D eigenvalue weighted by atomic mass is 10.1. The number of nitrogens with one attached hydrogen (secondary N) is 2. The molecule has 2 aromatic carbocycles. The van der Waals surface area contributed by atoms with Crippen LogP contribution in [0.2, 0.25) is 0 Å². The Kier molecular flexibility index (Phi) is 5.16. The van der Waals surface area contributed by atoms with Gasteiger partial charge < -0.3 is 15.1 Å². The van der Waals surface area contributed by atoms with E-state index in [1.807, 2.05) is 55.5 Å². The Morgan fingerprint density at radius 1 is 1.08 bits per heavy atom. The van der Waals surface area contributed by atoms with Gasteiger partial charge in [-0.1, -0.05) is 48.5 Å². The lowest BCUT2D eigenvalue weighted by molar-refractivity contribution is 0.236. The highest BCUT2D eigenvalue weighted by molar-refractivity contribution is 5.78. The second kappa shape index (κ2) is 7.68. The number of carbonyl (C=O) groups excluding carboxylic acids is 1. The van der Waals surface area contributed by atoms with Crippen molar-refractivity contribution in [2.75, 3.05) is 6.54 Å². The summed E-state index contributed by atoms with van der Waals surface area (Å²) in [5, 5.41) is 6.85. The monoisotopic (exact) mass is 322 g/mol. The number of benzene rings is 2. The molecule has 0 saturated carbocycles. The molecule has 0 aliphatic rings. The van der Waals surface area contributed by atoms with Crippen LogP contribution in [0.4, 0.5) is 4.79 Å². The molecule has 0 aliphatic carbocycles. The first-order valence-electron chi connectivity index (χ1n) is 8.29. The molecule has 2 N–H and O–H groups in total. The van der Waals surface area contributed by atoms with E-state index in [0.717, 1.165) is 29.6 Å². The standard InChI is InChI=1S/C20H22N2O2/c1-15(19-14-17-11-5-6-12-18(17)24-19)22-20(23)21-13-7-10-16-8-3-2-4-9-16/h2-6,8-9,11-12,14-15H,7,10,13H2,1H3,(H2,21,22,23). The first kappa shape index (κ1) is 16.1. The summed E-state index contributed by atoms with van der Waals surface area (Å²) in [7, 11) is 0. The van der Waals surface area contributed by atoms with Gasteiger partial charge in [0.25, 0.3) is 0 Å². The number of urea groups is 1. The molecule has 2 amide bonds. The number of fused-ring (bicyclic) bond motifs is 1. The number of carbonyl (C=O) groups is 1. The van der Waals surface area contributed by atoms with Crippen LogP contribution in [0.5, 0.6) is 0 Å². The van der Waals surface area contributed by atoms with E-state index in [0.29, 0.717) is 6.54 Å². The van der Waals surface area contributed by atoms with Gasteiger partial charge in [0, 0.05) is 11.9 Å². The van der Waals surface area contributed by atoms with E-state index in [-0.39, 0.29) is 12.1 Å². The van der Waals surface area contributed by atoms with Gasteiger partial charge in [-0.15, -0.1) is 0 Å². The van der Waals surface area contributed by atoms with Crippen molar-refractivity contribution in [3.05, 3.63) is 72.0 Å². The zero-order chi connectivity index (χ0) is 16.8. The van der Waals surface area contributed by atoms with Gasteiger partial charge >= 0.3 is 6.03 Å². The summed E-state index contributed by atoms with van der Waals surface area (Å²) in [5.41, 5.74) is 2.12. The number of furan rings is 1. The smallest absolute Gasteiger partial charge is 0.315 e. The van der Waals surface area contributed by atoms with E-state index in [1.54, 1.807) is 0 Å².